The minimum atomic E-state index is -6.00. The first kappa shape index (κ1) is 12.4. The number of hydrogen-bond donors (Lipinski definition) is 0. The molecule has 0 unspecified atom stereocenters. The quantitative estimate of drug-likeness (QED) is 0.449. The van der Waals surface area contributed by atoms with E-state index in [9.17, 15) is 17.3 Å². The lowest BCUT2D eigenvalue weighted by Crippen LogP contribution is -2.31. The van der Waals surface area contributed by atoms with Gasteiger partial charge in [0.15, 0.2) is 7.92 Å². The van der Waals surface area contributed by atoms with Crippen molar-refractivity contribution in [2.75, 3.05) is 0 Å². The maximum atomic E-state index is 9.75. The van der Waals surface area contributed by atoms with E-state index in [2.05, 4.69) is 6.07 Å². The van der Waals surface area contributed by atoms with Gasteiger partial charge in [-0.2, -0.15) is 5.26 Å². The van der Waals surface area contributed by atoms with E-state index in [-0.39, 0.29) is 0 Å². The summed E-state index contributed by atoms with van der Waals surface area (Å²) in [6.07, 6.45) is 2.13. The van der Waals surface area contributed by atoms with Crippen molar-refractivity contribution in [1.82, 2.24) is 4.68 Å². The highest BCUT2D eigenvalue weighted by molar-refractivity contribution is 6.50. The van der Waals surface area contributed by atoms with Crippen LogP contribution in [0.2, 0.25) is 1.41 Å². The Morgan fingerprint density at radius 1 is 1.33 bits per heavy atom. The molecule has 2 aromatic rings. The minimum Gasteiger partial charge on any atom is -0.418 e. The van der Waals surface area contributed by atoms with Crippen LogP contribution in [0.1, 0.15) is 19.2 Å². The lowest BCUT2D eigenvalue weighted by atomic mass is 10.2. The molecule has 1 N–H and O–H groups in total. The van der Waals surface area contributed by atoms with Gasteiger partial charge in [-0.1, -0.05) is 9.77 Å². The maximum absolute atomic E-state index is 9.75. The predicted molar refractivity (Wildman–Crippen MR) is 65.7 cm³/mol. The van der Waals surface area contributed by atoms with Gasteiger partial charge in [0, 0.05) is 6.42 Å². The summed E-state index contributed by atoms with van der Waals surface area (Å²) >= 11 is 0. The molecule has 1 aliphatic rings. The van der Waals surface area contributed by atoms with Gasteiger partial charge in [0.1, 0.15) is 12.1 Å². The van der Waals surface area contributed by atoms with E-state index in [0.29, 0.717) is 11.9 Å². The van der Waals surface area contributed by atoms with Crippen molar-refractivity contribution in [1.29, 1.82) is 5.26 Å². The zero-order chi connectivity index (χ0) is 17.2. The molecule has 0 radical (unpaired) electrons. The minimum absolute atomic E-state index is 0.308. The Balaban J connectivity index is 0.000000338. The molecule has 110 valence electrons. The Kier molecular flexibility index (Phi) is 3.51. The molecule has 3 rings (SSSR count). The predicted octanol–water partition coefficient (Wildman–Crippen LogP) is 1.70. The average Bonchev–Trinajstić information content (AvgIpc) is 3.03. The Bertz CT molecular complexity index is 719. The van der Waals surface area contributed by atoms with Gasteiger partial charge in [-0.3, -0.25) is 0 Å². The third-order valence-electron chi connectivity index (χ3n) is 2.77. The fourth-order valence-electron chi connectivity index (χ4n) is 1.92. The van der Waals surface area contributed by atoms with Crippen molar-refractivity contribution < 1.29 is 29.7 Å². The van der Waals surface area contributed by atoms with Crippen molar-refractivity contribution in [2.45, 2.75) is 19.4 Å². The fourth-order valence-corrected chi connectivity index (χ4v) is 1.92. The molecule has 0 aliphatic carbocycles. The molecule has 9 heteroatoms. The number of nitrogens with zero attached hydrogens (tertiary/aromatic N) is 3. The molecule has 21 heavy (non-hydrogen) atoms. The molecular formula is C12H12BF4N4+. The number of aromatic amines is 1. The summed E-state index contributed by atoms with van der Waals surface area (Å²) in [5.74, 6) is 0.851. The second-order valence-corrected chi connectivity index (χ2v) is 4.34. The molecule has 0 fully saturated rings. The average molecular weight is 301 g/mol. The standard InChI is InChI=1S/C12H11N4.BF4/c13-8-10-3-5-11(6-4-10)16-9-15-7-1-2-12(15)14-16;2-1(3,4)5/h3-6,9H,1-2,7H2;/q+1;-1/p+1/i9D;/hD. The van der Waals surface area contributed by atoms with Gasteiger partial charge in [-0.05, 0) is 24.3 Å². The summed E-state index contributed by atoms with van der Waals surface area (Å²) in [7, 11) is -6.00. The van der Waals surface area contributed by atoms with Crippen molar-refractivity contribution >= 4 is 7.25 Å². The Morgan fingerprint density at radius 2 is 1.95 bits per heavy atom. The summed E-state index contributed by atoms with van der Waals surface area (Å²) in [6, 6.07) is 8.98. The Hall–Kier alpha value is -2.37. The van der Waals surface area contributed by atoms with Gasteiger partial charge in [0.25, 0.3) is 0 Å². The van der Waals surface area contributed by atoms with Crippen LogP contribution >= 0.6 is 0 Å². The Morgan fingerprint density at radius 3 is 2.48 bits per heavy atom. The Labute approximate surface area is 121 Å². The van der Waals surface area contributed by atoms with Crippen molar-refractivity contribution in [3.63, 3.8) is 0 Å². The SMILES string of the molecule is F[B-](F)(F)F.[2H]c1n(-c2ccc(C#N)cc2)[n+]([2H])c2[n+]1CCC2. The number of nitriles is 1. The van der Waals surface area contributed by atoms with E-state index in [1.807, 2.05) is 4.57 Å². The van der Waals surface area contributed by atoms with Crippen LogP contribution in [0.15, 0.2) is 30.6 Å². The van der Waals surface area contributed by atoms with Crippen molar-refractivity contribution in [3.8, 4) is 11.8 Å². The number of benzene rings is 1. The number of fused-ring (bicyclic) bond motifs is 1. The zero-order valence-corrected chi connectivity index (χ0v) is 10.8. The zero-order valence-electron chi connectivity index (χ0n) is 12.8. The van der Waals surface area contributed by atoms with Gasteiger partial charge < -0.3 is 17.3 Å². The van der Waals surface area contributed by atoms with Crippen LogP contribution in [-0.4, -0.2) is 11.9 Å². The largest absolute Gasteiger partial charge is 0.673 e. The van der Waals surface area contributed by atoms with E-state index in [4.69, 9.17) is 8.04 Å². The fraction of sp³-hybridized carbons (Fsp3) is 0.250. The monoisotopic (exact) mass is 301 g/mol. The molecule has 0 amide bonds. The first-order valence-electron chi connectivity index (χ1n) is 7.10. The number of H-pyrrole nitrogens is 1. The van der Waals surface area contributed by atoms with Crippen LogP contribution in [0, 0.1) is 11.3 Å². The van der Waals surface area contributed by atoms with Gasteiger partial charge in [-0.25, -0.2) is 0 Å². The van der Waals surface area contributed by atoms with Crippen LogP contribution in [0.25, 0.3) is 5.69 Å². The van der Waals surface area contributed by atoms with Crippen LogP contribution < -0.4 is 9.66 Å². The van der Waals surface area contributed by atoms with Crippen molar-refractivity contribution in [3.05, 3.63) is 42.0 Å². The highest BCUT2D eigenvalue weighted by atomic mass is 19.5. The highest BCUT2D eigenvalue weighted by Crippen LogP contribution is 2.08. The van der Waals surface area contributed by atoms with Crippen LogP contribution in [0.5, 0.6) is 0 Å². The number of nitrogens with one attached hydrogen (secondary N) is 1. The molecule has 2 heterocycles. The van der Waals surface area contributed by atoms with Gasteiger partial charge in [0.2, 0.25) is 0 Å². The molecule has 4 nitrogen and oxygen atoms in total. The molecule has 1 aromatic heterocycles. The van der Waals surface area contributed by atoms with Crippen LogP contribution in [0.4, 0.5) is 17.3 Å². The first-order chi connectivity index (χ1) is 10.7. The number of halogens is 4. The lowest BCUT2D eigenvalue weighted by molar-refractivity contribution is -0.722. The summed E-state index contributed by atoms with van der Waals surface area (Å²) < 4.78 is 58.6. The molecule has 0 spiro atoms. The molecule has 0 bridgehead atoms. The van der Waals surface area contributed by atoms with Gasteiger partial charge in [-0.15, -0.1) is 4.57 Å². The summed E-state index contributed by atoms with van der Waals surface area (Å²) in [4.78, 5) is 0. The second kappa shape index (κ2) is 5.95. The summed E-state index contributed by atoms with van der Waals surface area (Å²) in [5.41, 5.74) is 1.31. The van der Waals surface area contributed by atoms with Crippen LogP contribution in [0.3, 0.4) is 0 Å². The smallest absolute Gasteiger partial charge is 0.418 e. The number of rotatable bonds is 1. The summed E-state index contributed by atoms with van der Waals surface area (Å²) in [5, 5.41) is 10.0. The molecule has 1 aliphatic heterocycles. The van der Waals surface area contributed by atoms with Crippen LogP contribution in [-0.2, 0) is 13.0 Å². The maximum Gasteiger partial charge on any atom is 0.673 e. The van der Waals surface area contributed by atoms with E-state index in [1.54, 1.807) is 24.3 Å². The second-order valence-electron chi connectivity index (χ2n) is 4.34. The topological polar surface area (TPSA) is 46.7 Å². The first-order valence-corrected chi connectivity index (χ1v) is 6.16. The molecular weight excluding hydrogens is 287 g/mol. The van der Waals surface area contributed by atoms with E-state index in [0.717, 1.165) is 30.9 Å². The number of hydrogen-bond acceptors (Lipinski definition) is 1. The molecule has 0 saturated heterocycles. The summed E-state index contributed by atoms with van der Waals surface area (Å²) in [6.45, 7) is 0.802. The third-order valence-corrected chi connectivity index (χ3v) is 2.77. The van der Waals surface area contributed by atoms with Gasteiger partial charge in [0.05, 0.1) is 11.6 Å². The lowest BCUT2D eigenvalue weighted by Gasteiger charge is -1.94. The number of aromatic nitrogens is 3. The molecule has 0 atom stereocenters. The van der Waals surface area contributed by atoms with E-state index < -0.39 is 7.25 Å². The normalized spacial score (nSPS) is 14.4. The van der Waals surface area contributed by atoms with E-state index >= 15 is 0 Å². The third kappa shape index (κ3) is 4.31. The van der Waals surface area contributed by atoms with Gasteiger partial charge >= 0.3 is 20.8 Å². The molecule has 0 saturated carbocycles. The highest BCUT2D eigenvalue weighted by Gasteiger charge is 2.29. The van der Waals surface area contributed by atoms with E-state index in [1.165, 1.54) is 9.77 Å². The molecule has 1 aromatic carbocycles. The van der Waals surface area contributed by atoms with Crippen molar-refractivity contribution in [2.24, 2.45) is 0 Å².